The van der Waals surface area contributed by atoms with Gasteiger partial charge in [-0.25, -0.2) is 27.2 Å². The van der Waals surface area contributed by atoms with E-state index in [1.54, 1.807) is 18.2 Å². The number of ether oxygens (including phenoxy) is 2. The lowest BCUT2D eigenvalue weighted by molar-refractivity contribution is 0.186. The second kappa shape index (κ2) is 9.87. The molecule has 0 radical (unpaired) electrons. The van der Waals surface area contributed by atoms with E-state index < -0.39 is 27.3 Å². The summed E-state index contributed by atoms with van der Waals surface area (Å²) in [5.74, 6) is -2.15. The Labute approximate surface area is 204 Å². The summed E-state index contributed by atoms with van der Waals surface area (Å²) in [6.07, 6.45) is 1.37. The number of anilines is 2. The summed E-state index contributed by atoms with van der Waals surface area (Å²) < 4.78 is 66.9. The van der Waals surface area contributed by atoms with Crippen LogP contribution in [0, 0.1) is 11.6 Å². The highest BCUT2D eigenvalue weighted by Gasteiger charge is 2.24. The molecule has 0 saturated carbocycles. The third-order valence-electron chi connectivity index (χ3n) is 5.31. The highest BCUT2D eigenvalue weighted by atomic mass is 32.2. The number of nitrogens with zero attached hydrogens (tertiary/aromatic N) is 3. The molecule has 188 valence electrons. The van der Waals surface area contributed by atoms with Crippen LogP contribution in [-0.4, -0.2) is 43.8 Å². The average Bonchev–Trinajstić information content (AvgIpc) is 2.85. The van der Waals surface area contributed by atoms with Crippen molar-refractivity contribution in [2.75, 3.05) is 31.3 Å². The third-order valence-corrected chi connectivity index (χ3v) is 6.67. The van der Waals surface area contributed by atoms with Crippen LogP contribution in [0.1, 0.15) is 0 Å². The van der Waals surface area contributed by atoms with Crippen LogP contribution in [0.5, 0.6) is 5.88 Å². The minimum atomic E-state index is -4.40. The molecule has 0 atom stereocenters. The molecule has 0 aliphatic heterocycles. The second-order valence-electron chi connectivity index (χ2n) is 7.61. The molecule has 2 heterocycles. The molecule has 0 bridgehead atoms. The molecule has 0 spiro atoms. The number of nitrogens with one attached hydrogen (secondary N) is 1. The minimum Gasteiger partial charge on any atom is -0.480 e. The Hall–Kier alpha value is -4.10. The first-order chi connectivity index (χ1) is 17.1. The van der Waals surface area contributed by atoms with Crippen LogP contribution in [0.15, 0.2) is 58.4 Å². The Kier molecular flexibility index (Phi) is 6.86. The molecule has 0 saturated heterocycles. The van der Waals surface area contributed by atoms with Crippen molar-refractivity contribution in [1.29, 1.82) is 0 Å². The topological polar surface area (TPSA) is 138 Å². The van der Waals surface area contributed by atoms with Crippen molar-refractivity contribution in [2.45, 2.75) is 11.4 Å². The van der Waals surface area contributed by atoms with E-state index in [1.807, 2.05) is 0 Å². The van der Waals surface area contributed by atoms with Gasteiger partial charge in [0.25, 0.3) is 15.6 Å². The van der Waals surface area contributed by atoms with Crippen molar-refractivity contribution < 1.29 is 26.7 Å². The van der Waals surface area contributed by atoms with Gasteiger partial charge in [-0.3, -0.25) is 14.1 Å². The van der Waals surface area contributed by atoms with E-state index in [-0.39, 0.29) is 40.8 Å². The molecule has 3 N–H and O–H groups in total. The van der Waals surface area contributed by atoms with Crippen molar-refractivity contribution in [3.63, 3.8) is 0 Å². The van der Waals surface area contributed by atoms with Crippen LogP contribution in [-0.2, 0) is 21.3 Å². The Morgan fingerprint density at radius 2 is 1.86 bits per heavy atom. The van der Waals surface area contributed by atoms with Crippen molar-refractivity contribution >= 4 is 32.6 Å². The molecular weight excluding hydrogens is 496 g/mol. The molecule has 0 fully saturated rings. The summed E-state index contributed by atoms with van der Waals surface area (Å²) in [6, 6.07) is 8.45. The second-order valence-corrected chi connectivity index (χ2v) is 9.26. The van der Waals surface area contributed by atoms with Gasteiger partial charge in [0.1, 0.15) is 16.5 Å². The Balaban J connectivity index is 1.80. The predicted octanol–water partition coefficient (Wildman–Crippen LogP) is 2.77. The summed E-state index contributed by atoms with van der Waals surface area (Å²) in [5.41, 5.74) is 6.22. The molecule has 2 aromatic carbocycles. The smallest absolute Gasteiger partial charge is 0.267 e. The van der Waals surface area contributed by atoms with E-state index >= 15 is 0 Å². The minimum absolute atomic E-state index is 0.0379. The molecule has 4 rings (SSSR count). The van der Waals surface area contributed by atoms with Crippen LogP contribution in [0.3, 0.4) is 0 Å². The number of halogens is 2. The van der Waals surface area contributed by atoms with Gasteiger partial charge < -0.3 is 15.2 Å². The fraction of sp³-hybridized carbons (Fsp3) is 0.174. The zero-order valence-corrected chi connectivity index (χ0v) is 20.0. The summed E-state index contributed by atoms with van der Waals surface area (Å²) >= 11 is 0. The molecular formula is C23H21F2N5O5S. The summed E-state index contributed by atoms with van der Waals surface area (Å²) in [5, 5.41) is 0.254. The van der Waals surface area contributed by atoms with E-state index in [0.29, 0.717) is 22.7 Å². The molecule has 10 nitrogen and oxygen atoms in total. The van der Waals surface area contributed by atoms with Crippen molar-refractivity contribution in [3.05, 3.63) is 70.6 Å². The monoisotopic (exact) mass is 517 g/mol. The van der Waals surface area contributed by atoms with Gasteiger partial charge in [0.05, 0.1) is 36.9 Å². The molecule has 4 aromatic rings. The number of fused-ring (bicyclic) bond motifs is 1. The van der Waals surface area contributed by atoms with Crippen molar-refractivity contribution in [3.8, 4) is 17.0 Å². The summed E-state index contributed by atoms with van der Waals surface area (Å²) in [4.78, 5) is 20.9. The normalized spacial score (nSPS) is 11.6. The number of rotatable bonds is 8. The molecule has 2 aromatic heterocycles. The molecule has 36 heavy (non-hydrogen) atoms. The van der Waals surface area contributed by atoms with Crippen LogP contribution in [0.2, 0.25) is 0 Å². The summed E-state index contributed by atoms with van der Waals surface area (Å²) in [6.45, 7) is 0.453. The van der Waals surface area contributed by atoms with Gasteiger partial charge in [0.2, 0.25) is 11.8 Å². The van der Waals surface area contributed by atoms with Gasteiger partial charge in [0.15, 0.2) is 0 Å². The first kappa shape index (κ1) is 25.0. The number of benzene rings is 2. The standard InChI is InChI=1S/C23H21F2N5O5S/c1-34-8-7-30-22(31)16-9-13(3-5-18(16)28-23(30)26)14-10-20(21(35-2)27-12-14)36(32,33)29-19-6-4-15(24)11-17(19)25/h3-6,9-12,29H,7-8H2,1-2H3,(H2,26,28). The number of hydrogen-bond donors (Lipinski definition) is 2. The lowest BCUT2D eigenvalue weighted by Gasteiger charge is -2.13. The summed E-state index contributed by atoms with van der Waals surface area (Å²) in [7, 11) is -1.68. The van der Waals surface area contributed by atoms with Gasteiger partial charge >= 0.3 is 0 Å². The number of hydrogen-bond acceptors (Lipinski definition) is 8. The van der Waals surface area contributed by atoms with Gasteiger partial charge in [-0.05, 0) is 35.9 Å². The number of methoxy groups -OCH3 is 2. The number of nitrogens with two attached hydrogens (primary N) is 1. The maximum absolute atomic E-state index is 14.1. The van der Waals surface area contributed by atoms with E-state index in [9.17, 15) is 22.0 Å². The predicted molar refractivity (Wildman–Crippen MR) is 129 cm³/mol. The van der Waals surface area contributed by atoms with Crippen LogP contribution in [0.4, 0.5) is 20.4 Å². The van der Waals surface area contributed by atoms with Crippen LogP contribution < -0.4 is 20.8 Å². The van der Waals surface area contributed by atoms with E-state index in [0.717, 1.165) is 12.1 Å². The van der Waals surface area contributed by atoms with Gasteiger partial charge in [0, 0.05) is 24.9 Å². The Morgan fingerprint density at radius 1 is 1.08 bits per heavy atom. The highest BCUT2D eigenvalue weighted by Crippen LogP contribution is 2.30. The number of aromatic nitrogens is 3. The number of nitrogen functional groups attached to an aromatic ring is 1. The largest absolute Gasteiger partial charge is 0.480 e. The molecule has 13 heteroatoms. The van der Waals surface area contributed by atoms with E-state index in [2.05, 4.69) is 14.7 Å². The third kappa shape index (κ3) is 4.83. The number of sulfonamides is 1. The zero-order chi connectivity index (χ0) is 26.0. The van der Waals surface area contributed by atoms with Crippen LogP contribution >= 0.6 is 0 Å². The SMILES string of the molecule is COCCn1c(N)nc2ccc(-c3cnc(OC)c(S(=O)(=O)Nc4ccc(F)cc4F)c3)cc2c1=O. The Bertz CT molecular complexity index is 1630. The fourth-order valence-corrected chi connectivity index (χ4v) is 4.74. The van der Waals surface area contributed by atoms with E-state index in [4.69, 9.17) is 15.2 Å². The lowest BCUT2D eigenvalue weighted by Crippen LogP contribution is -2.26. The molecule has 0 aliphatic rings. The van der Waals surface area contributed by atoms with Crippen molar-refractivity contribution in [1.82, 2.24) is 14.5 Å². The zero-order valence-electron chi connectivity index (χ0n) is 19.2. The maximum Gasteiger partial charge on any atom is 0.267 e. The molecule has 0 aliphatic carbocycles. The first-order valence-electron chi connectivity index (χ1n) is 10.5. The van der Waals surface area contributed by atoms with Crippen molar-refractivity contribution in [2.24, 2.45) is 0 Å². The molecule has 0 amide bonds. The van der Waals surface area contributed by atoms with Gasteiger partial charge in [-0.2, -0.15) is 0 Å². The van der Waals surface area contributed by atoms with Crippen LogP contribution in [0.25, 0.3) is 22.0 Å². The first-order valence-corrected chi connectivity index (χ1v) is 11.9. The average molecular weight is 518 g/mol. The quantitative estimate of drug-likeness (QED) is 0.364. The fourth-order valence-electron chi connectivity index (χ4n) is 3.52. The molecule has 0 unspecified atom stereocenters. The Morgan fingerprint density at radius 3 is 2.56 bits per heavy atom. The number of pyridine rings is 1. The van der Waals surface area contributed by atoms with Gasteiger partial charge in [-0.15, -0.1) is 0 Å². The van der Waals surface area contributed by atoms with Gasteiger partial charge in [-0.1, -0.05) is 6.07 Å². The lowest BCUT2D eigenvalue weighted by atomic mass is 10.1. The van der Waals surface area contributed by atoms with E-state index in [1.165, 1.54) is 31.0 Å². The highest BCUT2D eigenvalue weighted by molar-refractivity contribution is 7.92. The maximum atomic E-state index is 14.1.